The van der Waals surface area contributed by atoms with Crippen LogP contribution in [-0.4, -0.2) is 67.6 Å². The summed E-state index contributed by atoms with van der Waals surface area (Å²) in [5.74, 6) is 0.709. The van der Waals surface area contributed by atoms with E-state index >= 15 is 0 Å². The van der Waals surface area contributed by atoms with Gasteiger partial charge in [0.25, 0.3) is 0 Å². The van der Waals surface area contributed by atoms with Crippen LogP contribution >= 0.6 is 12.4 Å². The Labute approximate surface area is 178 Å². The van der Waals surface area contributed by atoms with Crippen molar-refractivity contribution in [2.45, 2.75) is 38.3 Å². The fraction of sp³-hybridized carbons (Fsp3) is 0.619. The number of nitrogens with zero attached hydrogens (tertiary/aromatic N) is 2. The van der Waals surface area contributed by atoms with E-state index < -0.39 is 0 Å². The summed E-state index contributed by atoms with van der Waals surface area (Å²) in [6, 6.07) is 7.68. The SMILES string of the molecule is COc1ccc(CN2CC(C(=O)N3CCC(OCCCN)CC3)CC2=O)cc1.Cl. The minimum Gasteiger partial charge on any atom is -0.497 e. The van der Waals surface area contributed by atoms with Crippen LogP contribution in [0.3, 0.4) is 0 Å². The van der Waals surface area contributed by atoms with E-state index in [2.05, 4.69) is 0 Å². The molecule has 0 spiro atoms. The molecular formula is C21H32ClN3O4. The molecule has 1 aromatic carbocycles. The molecular weight excluding hydrogens is 394 g/mol. The molecule has 3 rings (SSSR count). The Kier molecular flexibility index (Phi) is 9.20. The number of carbonyl (C=O) groups excluding carboxylic acids is 2. The summed E-state index contributed by atoms with van der Waals surface area (Å²) in [5.41, 5.74) is 6.53. The average molecular weight is 426 g/mol. The molecule has 29 heavy (non-hydrogen) atoms. The van der Waals surface area contributed by atoms with Crippen molar-refractivity contribution in [2.24, 2.45) is 11.7 Å². The van der Waals surface area contributed by atoms with Crippen molar-refractivity contribution in [3.8, 4) is 5.75 Å². The minimum atomic E-state index is -0.236. The van der Waals surface area contributed by atoms with E-state index in [9.17, 15) is 9.59 Å². The van der Waals surface area contributed by atoms with Crippen LogP contribution in [0.5, 0.6) is 5.75 Å². The number of rotatable bonds is 8. The highest BCUT2D eigenvalue weighted by Gasteiger charge is 2.37. The number of piperidine rings is 1. The van der Waals surface area contributed by atoms with E-state index in [-0.39, 0.29) is 36.2 Å². The molecule has 2 saturated heterocycles. The molecule has 0 bridgehead atoms. The molecule has 2 heterocycles. The van der Waals surface area contributed by atoms with Gasteiger partial charge in [-0.1, -0.05) is 12.1 Å². The summed E-state index contributed by atoms with van der Waals surface area (Å²) in [6.45, 7) is 3.76. The number of carbonyl (C=O) groups is 2. The Morgan fingerprint density at radius 2 is 1.90 bits per heavy atom. The Hall–Kier alpha value is -1.83. The third-order valence-corrected chi connectivity index (χ3v) is 5.55. The van der Waals surface area contributed by atoms with E-state index in [0.717, 1.165) is 30.6 Å². The maximum absolute atomic E-state index is 12.9. The van der Waals surface area contributed by atoms with E-state index in [1.54, 1.807) is 12.0 Å². The molecule has 0 saturated carbocycles. The van der Waals surface area contributed by atoms with E-state index in [4.69, 9.17) is 15.2 Å². The van der Waals surface area contributed by atoms with Crippen molar-refractivity contribution in [2.75, 3.05) is 39.9 Å². The van der Waals surface area contributed by atoms with Crippen LogP contribution in [0, 0.1) is 5.92 Å². The van der Waals surface area contributed by atoms with Crippen LogP contribution in [0.2, 0.25) is 0 Å². The number of amides is 2. The van der Waals surface area contributed by atoms with Crippen LogP contribution in [0.1, 0.15) is 31.2 Å². The van der Waals surface area contributed by atoms with Gasteiger partial charge in [-0.25, -0.2) is 0 Å². The molecule has 2 aliphatic rings. The zero-order chi connectivity index (χ0) is 19.9. The molecule has 1 aromatic rings. The maximum atomic E-state index is 12.9. The summed E-state index contributed by atoms with van der Waals surface area (Å²) < 4.78 is 11.0. The number of likely N-dealkylation sites (tertiary alicyclic amines) is 2. The Morgan fingerprint density at radius 3 is 2.52 bits per heavy atom. The highest BCUT2D eigenvalue weighted by atomic mass is 35.5. The molecule has 2 fully saturated rings. The molecule has 1 unspecified atom stereocenters. The lowest BCUT2D eigenvalue weighted by Crippen LogP contribution is -2.44. The standard InChI is InChI=1S/C21H31N3O4.ClH/c1-27-18-5-3-16(4-6-18)14-24-15-17(13-20(24)25)21(26)23-10-7-19(8-11-23)28-12-2-9-22;/h3-6,17,19H,2,7-15,22H2,1H3;1H. The first-order valence-electron chi connectivity index (χ1n) is 10.1. The van der Waals surface area contributed by atoms with Crippen LogP contribution in [0.4, 0.5) is 0 Å². The van der Waals surface area contributed by atoms with Gasteiger partial charge >= 0.3 is 0 Å². The van der Waals surface area contributed by atoms with E-state index in [1.807, 2.05) is 29.2 Å². The zero-order valence-corrected chi connectivity index (χ0v) is 17.9. The molecule has 0 aliphatic carbocycles. The predicted octanol–water partition coefficient (Wildman–Crippen LogP) is 1.82. The first kappa shape index (κ1) is 23.4. The van der Waals surface area contributed by atoms with Gasteiger partial charge in [-0.05, 0) is 43.5 Å². The molecule has 162 valence electrons. The number of halogens is 1. The maximum Gasteiger partial charge on any atom is 0.227 e. The van der Waals surface area contributed by atoms with Crippen LogP contribution < -0.4 is 10.5 Å². The molecule has 7 nitrogen and oxygen atoms in total. The molecule has 8 heteroatoms. The van der Waals surface area contributed by atoms with Gasteiger partial charge in [0.05, 0.1) is 19.1 Å². The number of hydrogen-bond donors (Lipinski definition) is 1. The van der Waals surface area contributed by atoms with Crippen LogP contribution in [0.15, 0.2) is 24.3 Å². The van der Waals surface area contributed by atoms with Crippen molar-refractivity contribution in [3.63, 3.8) is 0 Å². The van der Waals surface area contributed by atoms with Gasteiger partial charge in [-0.15, -0.1) is 12.4 Å². The van der Waals surface area contributed by atoms with Gasteiger partial charge < -0.3 is 25.0 Å². The highest BCUT2D eigenvalue weighted by molar-refractivity contribution is 5.89. The zero-order valence-electron chi connectivity index (χ0n) is 17.0. The summed E-state index contributed by atoms with van der Waals surface area (Å²) in [7, 11) is 1.63. The topological polar surface area (TPSA) is 85.1 Å². The summed E-state index contributed by atoms with van der Waals surface area (Å²) in [4.78, 5) is 29.0. The lowest BCUT2D eigenvalue weighted by atomic mass is 10.0. The van der Waals surface area contributed by atoms with Crippen molar-refractivity contribution < 1.29 is 19.1 Å². The third kappa shape index (κ3) is 6.32. The fourth-order valence-corrected chi connectivity index (χ4v) is 3.88. The van der Waals surface area contributed by atoms with Crippen molar-refractivity contribution in [1.29, 1.82) is 0 Å². The number of ether oxygens (including phenoxy) is 2. The second-order valence-corrected chi connectivity index (χ2v) is 7.56. The van der Waals surface area contributed by atoms with E-state index in [1.165, 1.54) is 0 Å². The normalized spacial score (nSPS) is 19.9. The van der Waals surface area contributed by atoms with Crippen LogP contribution in [-0.2, 0) is 20.9 Å². The summed E-state index contributed by atoms with van der Waals surface area (Å²) >= 11 is 0. The number of hydrogen-bond acceptors (Lipinski definition) is 5. The van der Waals surface area contributed by atoms with Crippen molar-refractivity contribution in [3.05, 3.63) is 29.8 Å². The quantitative estimate of drug-likeness (QED) is 0.642. The number of benzene rings is 1. The minimum absolute atomic E-state index is 0. The predicted molar refractivity (Wildman–Crippen MR) is 113 cm³/mol. The van der Waals surface area contributed by atoms with Gasteiger partial charge in [0.15, 0.2) is 0 Å². The lowest BCUT2D eigenvalue weighted by Gasteiger charge is -2.33. The average Bonchev–Trinajstić information content (AvgIpc) is 3.09. The molecule has 2 amide bonds. The monoisotopic (exact) mass is 425 g/mol. The first-order valence-corrected chi connectivity index (χ1v) is 10.1. The van der Waals surface area contributed by atoms with Gasteiger partial charge in [-0.3, -0.25) is 9.59 Å². The Balaban J connectivity index is 0.00000300. The molecule has 1 atom stereocenters. The van der Waals surface area contributed by atoms with Crippen molar-refractivity contribution >= 4 is 24.2 Å². The molecule has 0 aromatic heterocycles. The highest BCUT2D eigenvalue weighted by Crippen LogP contribution is 2.25. The molecule has 2 aliphatic heterocycles. The third-order valence-electron chi connectivity index (χ3n) is 5.55. The number of methoxy groups -OCH3 is 1. The second-order valence-electron chi connectivity index (χ2n) is 7.56. The Morgan fingerprint density at radius 1 is 1.21 bits per heavy atom. The molecule has 0 radical (unpaired) electrons. The first-order chi connectivity index (χ1) is 13.6. The van der Waals surface area contributed by atoms with Crippen molar-refractivity contribution in [1.82, 2.24) is 9.80 Å². The second kappa shape index (κ2) is 11.4. The van der Waals surface area contributed by atoms with Gasteiger partial charge in [0.1, 0.15) is 5.75 Å². The van der Waals surface area contributed by atoms with Crippen LogP contribution in [0.25, 0.3) is 0 Å². The Bertz CT molecular complexity index is 662. The van der Waals surface area contributed by atoms with Gasteiger partial charge in [0.2, 0.25) is 11.8 Å². The smallest absolute Gasteiger partial charge is 0.227 e. The molecule has 2 N–H and O–H groups in total. The fourth-order valence-electron chi connectivity index (χ4n) is 3.88. The van der Waals surface area contributed by atoms with Gasteiger partial charge in [-0.2, -0.15) is 0 Å². The largest absolute Gasteiger partial charge is 0.497 e. The summed E-state index contributed by atoms with van der Waals surface area (Å²) in [6.07, 6.45) is 3.10. The lowest BCUT2D eigenvalue weighted by molar-refractivity contribution is -0.138. The number of nitrogens with two attached hydrogens (primary N) is 1. The van der Waals surface area contributed by atoms with E-state index in [0.29, 0.717) is 45.8 Å². The summed E-state index contributed by atoms with van der Waals surface area (Å²) in [5, 5.41) is 0. The van der Waals surface area contributed by atoms with Gasteiger partial charge in [0, 0.05) is 39.2 Å².